The molecule has 6 nitrogen and oxygen atoms in total. The summed E-state index contributed by atoms with van der Waals surface area (Å²) < 4.78 is 1.99. The van der Waals surface area contributed by atoms with Crippen LogP contribution in [-0.4, -0.2) is 38.4 Å². The van der Waals surface area contributed by atoms with Crippen LogP contribution < -0.4 is 5.32 Å². The van der Waals surface area contributed by atoms with Crippen LogP contribution in [0.15, 0.2) is 36.8 Å². The Morgan fingerprint density at radius 1 is 1.16 bits per heavy atom. The minimum Gasteiger partial charge on any atom is -0.341 e. The Hall–Kier alpha value is -2.89. The predicted molar refractivity (Wildman–Crippen MR) is 97.9 cm³/mol. The van der Waals surface area contributed by atoms with Gasteiger partial charge in [-0.1, -0.05) is 0 Å². The lowest BCUT2D eigenvalue weighted by Crippen LogP contribution is -2.43. The summed E-state index contributed by atoms with van der Waals surface area (Å²) in [7, 11) is 0. The normalized spacial score (nSPS) is 13.8. The standard InChI is InChI=1S/C19H21N5O/c1-13-4-7-20-14(2)18(13)22-19-15-6-11-24(16(15)5-8-21-19)12-17(25)23-9-3-10-23/h4-8,11H,3,9-10,12H2,1-2H3,(H,21,22). The molecule has 0 bridgehead atoms. The third-order valence-corrected chi connectivity index (χ3v) is 4.80. The van der Waals surface area contributed by atoms with Gasteiger partial charge in [-0.05, 0) is 44.0 Å². The van der Waals surface area contributed by atoms with Gasteiger partial charge in [-0.2, -0.15) is 0 Å². The number of likely N-dealkylation sites (tertiary alicyclic amines) is 1. The Kier molecular flexibility index (Phi) is 3.87. The molecule has 0 atom stereocenters. The smallest absolute Gasteiger partial charge is 0.242 e. The second-order valence-electron chi connectivity index (χ2n) is 6.48. The lowest BCUT2D eigenvalue weighted by molar-refractivity contribution is -0.135. The molecule has 0 spiro atoms. The van der Waals surface area contributed by atoms with E-state index in [1.165, 1.54) is 0 Å². The molecule has 0 aromatic carbocycles. The number of anilines is 2. The van der Waals surface area contributed by atoms with Gasteiger partial charge in [0.2, 0.25) is 5.91 Å². The topological polar surface area (TPSA) is 63.1 Å². The SMILES string of the molecule is Cc1ccnc(C)c1Nc1nccc2c1ccn2CC(=O)N1CCC1. The van der Waals surface area contributed by atoms with Gasteiger partial charge in [0.15, 0.2) is 0 Å². The van der Waals surface area contributed by atoms with Gasteiger partial charge >= 0.3 is 0 Å². The number of amides is 1. The maximum Gasteiger partial charge on any atom is 0.242 e. The van der Waals surface area contributed by atoms with E-state index in [9.17, 15) is 4.79 Å². The quantitative estimate of drug-likeness (QED) is 0.796. The third kappa shape index (κ3) is 2.84. The van der Waals surface area contributed by atoms with Crippen molar-refractivity contribution in [3.05, 3.63) is 48.0 Å². The fourth-order valence-electron chi connectivity index (χ4n) is 3.17. The second-order valence-corrected chi connectivity index (χ2v) is 6.48. The molecule has 4 rings (SSSR count). The maximum absolute atomic E-state index is 12.3. The van der Waals surface area contributed by atoms with Crippen LogP contribution in [0.25, 0.3) is 10.9 Å². The molecule has 0 aliphatic carbocycles. The molecule has 128 valence electrons. The van der Waals surface area contributed by atoms with Gasteiger partial charge in [0.25, 0.3) is 0 Å². The van der Waals surface area contributed by atoms with Crippen molar-refractivity contribution in [2.75, 3.05) is 18.4 Å². The Bertz CT molecular complexity index is 922. The first-order valence-corrected chi connectivity index (χ1v) is 8.54. The Labute approximate surface area is 146 Å². The minimum absolute atomic E-state index is 0.175. The van der Waals surface area contributed by atoms with E-state index in [1.807, 2.05) is 53.9 Å². The molecular formula is C19H21N5O. The number of hydrogen-bond acceptors (Lipinski definition) is 4. The lowest BCUT2D eigenvalue weighted by atomic mass is 10.2. The maximum atomic E-state index is 12.3. The highest BCUT2D eigenvalue weighted by molar-refractivity contribution is 5.93. The average Bonchev–Trinajstić information content (AvgIpc) is 2.93. The number of fused-ring (bicyclic) bond motifs is 1. The number of aromatic nitrogens is 3. The summed E-state index contributed by atoms with van der Waals surface area (Å²) in [5, 5.41) is 4.41. The van der Waals surface area contributed by atoms with Gasteiger partial charge in [-0.3, -0.25) is 9.78 Å². The molecule has 0 saturated carbocycles. The average molecular weight is 335 g/mol. The molecule has 1 fully saturated rings. The van der Waals surface area contributed by atoms with Gasteiger partial charge in [0.05, 0.1) is 16.9 Å². The zero-order chi connectivity index (χ0) is 17.4. The van der Waals surface area contributed by atoms with Crippen LogP contribution in [0, 0.1) is 13.8 Å². The highest BCUT2D eigenvalue weighted by Crippen LogP contribution is 2.28. The number of rotatable bonds is 4. The van der Waals surface area contributed by atoms with Crippen molar-refractivity contribution in [1.82, 2.24) is 19.4 Å². The van der Waals surface area contributed by atoms with E-state index in [-0.39, 0.29) is 5.91 Å². The Morgan fingerprint density at radius 3 is 2.68 bits per heavy atom. The second kappa shape index (κ2) is 6.20. The van der Waals surface area contributed by atoms with Gasteiger partial charge in [-0.25, -0.2) is 4.98 Å². The molecule has 3 aromatic heterocycles. The fourth-order valence-corrected chi connectivity index (χ4v) is 3.17. The monoisotopic (exact) mass is 335 g/mol. The molecule has 1 aliphatic heterocycles. The highest BCUT2D eigenvalue weighted by Gasteiger charge is 2.21. The summed E-state index contributed by atoms with van der Waals surface area (Å²) in [6.07, 6.45) is 6.65. The van der Waals surface area contributed by atoms with Crippen LogP contribution in [0.4, 0.5) is 11.5 Å². The van der Waals surface area contributed by atoms with Crippen molar-refractivity contribution in [1.29, 1.82) is 0 Å². The molecule has 1 N–H and O–H groups in total. The molecule has 3 aromatic rings. The summed E-state index contributed by atoms with van der Waals surface area (Å²) in [6, 6.07) is 5.94. The molecule has 6 heteroatoms. The Morgan fingerprint density at radius 2 is 1.96 bits per heavy atom. The van der Waals surface area contributed by atoms with Gasteiger partial charge in [-0.15, -0.1) is 0 Å². The van der Waals surface area contributed by atoms with Crippen LogP contribution >= 0.6 is 0 Å². The number of carbonyl (C=O) groups excluding carboxylic acids is 1. The fraction of sp³-hybridized carbons (Fsp3) is 0.316. The lowest BCUT2D eigenvalue weighted by Gasteiger charge is -2.31. The van der Waals surface area contributed by atoms with E-state index < -0.39 is 0 Å². The van der Waals surface area contributed by atoms with Crippen molar-refractivity contribution < 1.29 is 4.79 Å². The van der Waals surface area contributed by atoms with E-state index in [1.54, 1.807) is 6.20 Å². The molecule has 1 aliphatic rings. The van der Waals surface area contributed by atoms with Gasteiger partial charge in [0, 0.05) is 37.1 Å². The van der Waals surface area contributed by atoms with Crippen LogP contribution in [-0.2, 0) is 11.3 Å². The Balaban J connectivity index is 1.66. The summed E-state index contributed by atoms with van der Waals surface area (Å²) in [5.41, 5.74) is 4.04. The molecule has 0 radical (unpaired) electrons. The van der Waals surface area contributed by atoms with Crippen molar-refractivity contribution in [2.24, 2.45) is 0 Å². The predicted octanol–water partition coefficient (Wildman–Crippen LogP) is 3.02. The van der Waals surface area contributed by atoms with Crippen molar-refractivity contribution >= 4 is 28.3 Å². The first-order valence-electron chi connectivity index (χ1n) is 8.54. The summed E-state index contributed by atoms with van der Waals surface area (Å²) in [4.78, 5) is 23.0. The summed E-state index contributed by atoms with van der Waals surface area (Å²) in [6.45, 7) is 6.16. The van der Waals surface area contributed by atoms with Crippen LogP contribution in [0.2, 0.25) is 0 Å². The summed E-state index contributed by atoms with van der Waals surface area (Å²) in [5.74, 6) is 0.959. The molecular weight excluding hydrogens is 314 g/mol. The molecule has 1 amide bonds. The van der Waals surface area contributed by atoms with Crippen LogP contribution in [0.1, 0.15) is 17.7 Å². The highest BCUT2D eigenvalue weighted by atomic mass is 16.2. The third-order valence-electron chi connectivity index (χ3n) is 4.80. The number of carbonyl (C=O) groups is 1. The van der Waals surface area contributed by atoms with E-state index in [0.717, 1.165) is 53.2 Å². The molecule has 4 heterocycles. The largest absolute Gasteiger partial charge is 0.341 e. The van der Waals surface area contributed by atoms with Crippen LogP contribution in [0.3, 0.4) is 0 Å². The number of aryl methyl sites for hydroxylation is 2. The van der Waals surface area contributed by atoms with Gasteiger partial charge in [0.1, 0.15) is 12.4 Å². The van der Waals surface area contributed by atoms with E-state index in [2.05, 4.69) is 15.3 Å². The minimum atomic E-state index is 0.175. The summed E-state index contributed by atoms with van der Waals surface area (Å²) >= 11 is 0. The van der Waals surface area contributed by atoms with E-state index >= 15 is 0 Å². The number of pyridine rings is 2. The molecule has 25 heavy (non-hydrogen) atoms. The van der Waals surface area contributed by atoms with Crippen molar-refractivity contribution in [2.45, 2.75) is 26.8 Å². The zero-order valence-electron chi connectivity index (χ0n) is 14.5. The van der Waals surface area contributed by atoms with Gasteiger partial charge < -0.3 is 14.8 Å². The zero-order valence-corrected chi connectivity index (χ0v) is 14.5. The van der Waals surface area contributed by atoms with E-state index in [4.69, 9.17) is 0 Å². The van der Waals surface area contributed by atoms with Crippen LogP contribution in [0.5, 0.6) is 0 Å². The molecule has 1 saturated heterocycles. The number of nitrogens with zero attached hydrogens (tertiary/aromatic N) is 4. The van der Waals surface area contributed by atoms with Crippen molar-refractivity contribution in [3.63, 3.8) is 0 Å². The number of nitrogens with one attached hydrogen (secondary N) is 1. The number of hydrogen-bond donors (Lipinski definition) is 1. The van der Waals surface area contributed by atoms with E-state index in [0.29, 0.717) is 6.54 Å². The van der Waals surface area contributed by atoms with Crippen molar-refractivity contribution in [3.8, 4) is 0 Å². The first-order chi connectivity index (χ1) is 12.1. The molecule has 0 unspecified atom stereocenters. The first kappa shape index (κ1) is 15.6.